The highest BCUT2D eigenvalue weighted by Crippen LogP contribution is 2.13. The number of nitrogens with two attached hydrogens (primary N) is 2. The fourth-order valence-corrected chi connectivity index (χ4v) is 3.56. The van der Waals surface area contributed by atoms with Crippen LogP contribution in [0.2, 0.25) is 0 Å². The van der Waals surface area contributed by atoms with Crippen LogP contribution in [-0.4, -0.2) is 41.3 Å². The summed E-state index contributed by atoms with van der Waals surface area (Å²) in [5.41, 5.74) is 13.6. The molecule has 7 N–H and O–H groups in total. The summed E-state index contributed by atoms with van der Waals surface area (Å²) in [6, 6.07) is 17.1. The van der Waals surface area contributed by atoms with Crippen molar-refractivity contribution in [3.63, 3.8) is 0 Å². The van der Waals surface area contributed by atoms with Gasteiger partial charge >= 0.3 is 6.03 Å². The maximum Gasteiger partial charge on any atom is 0.312 e. The van der Waals surface area contributed by atoms with Crippen molar-refractivity contribution in [1.29, 1.82) is 0 Å². The average molecular weight is 427 g/mol. The molecular weight excluding hydrogens is 392 g/mol. The van der Waals surface area contributed by atoms with Gasteiger partial charge in [-0.3, -0.25) is 4.79 Å². The molecule has 0 unspecified atom stereocenters. The van der Waals surface area contributed by atoms with E-state index < -0.39 is 24.2 Å². The van der Waals surface area contributed by atoms with E-state index in [0.717, 1.165) is 11.1 Å². The number of primary amides is 1. The molecule has 4 atom stereocenters. The van der Waals surface area contributed by atoms with Gasteiger partial charge in [-0.1, -0.05) is 74.5 Å². The van der Waals surface area contributed by atoms with E-state index in [1.165, 1.54) is 0 Å². The van der Waals surface area contributed by atoms with Crippen LogP contribution in [0.4, 0.5) is 4.79 Å². The van der Waals surface area contributed by atoms with Gasteiger partial charge in [0.2, 0.25) is 5.91 Å². The average Bonchev–Trinajstić information content (AvgIpc) is 2.73. The molecule has 7 nitrogen and oxygen atoms in total. The van der Waals surface area contributed by atoms with Crippen molar-refractivity contribution in [3.05, 3.63) is 71.8 Å². The Morgan fingerprint density at radius 2 is 1.42 bits per heavy atom. The molecule has 0 bridgehead atoms. The number of aliphatic hydroxyl groups excluding tert-OH is 1. The number of benzene rings is 2. The number of amides is 3. The number of hydrogen-bond acceptors (Lipinski definition) is 4. The number of aliphatic hydroxyl groups is 1. The second-order valence-corrected chi connectivity index (χ2v) is 8.28. The molecule has 0 aliphatic carbocycles. The van der Waals surface area contributed by atoms with Crippen LogP contribution >= 0.6 is 0 Å². The highest BCUT2D eigenvalue weighted by molar-refractivity contribution is 5.86. The Bertz CT molecular complexity index is 814. The zero-order valence-electron chi connectivity index (χ0n) is 18.2. The minimum absolute atomic E-state index is 0.143. The summed E-state index contributed by atoms with van der Waals surface area (Å²) in [7, 11) is 0. The zero-order valence-corrected chi connectivity index (χ0v) is 18.2. The molecular formula is C24H34N4O3. The maximum atomic E-state index is 12.9. The number of carbonyl (C=O) groups is 2. The van der Waals surface area contributed by atoms with Crippen LogP contribution < -0.4 is 22.1 Å². The Balaban J connectivity index is 2.10. The van der Waals surface area contributed by atoms with Crippen molar-refractivity contribution >= 4 is 11.9 Å². The maximum absolute atomic E-state index is 12.9. The van der Waals surface area contributed by atoms with E-state index in [1.807, 2.05) is 74.5 Å². The lowest BCUT2D eigenvalue weighted by atomic mass is 9.93. The summed E-state index contributed by atoms with van der Waals surface area (Å²) in [5.74, 6) is -0.478. The normalized spacial score (nSPS) is 15.0. The Morgan fingerprint density at radius 3 is 1.90 bits per heavy atom. The van der Waals surface area contributed by atoms with E-state index in [0.29, 0.717) is 12.8 Å². The standard InChI is InChI=1S/C24H34N4O3/c1-16(2)22(28-24(26)31)23(30)27-19(13-17-9-5-3-6-10-17)15-21(29)20(25)14-18-11-7-4-8-12-18/h3-12,16,19-22,29H,13-15,25H2,1-2H3,(H,27,30)(H3,26,28,31)/t19-,20-,21-,22-/m1/s1. The number of nitrogens with one attached hydrogen (secondary N) is 2. The first-order valence-electron chi connectivity index (χ1n) is 10.6. The van der Waals surface area contributed by atoms with Crippen molar-refractivity contribution in [3.8, 4) is 0 Å². The van der Waals surface area contributed by atoms with Crippen molar-refractivity contribution in [2.75, 3.05) is 0 Å². The number of hydrogen-bond donors (Lipinski definition) is 5. The SMILES string of the molecule is CC(C)[C@@H](NC(N)=O)C(=O)N[C@H](Cc1ccccc1)C[C@@H](O)[C@H](N)Cc1ccccc1. The highest BCUT2D eigenvalue weighted by Gasteiger charge is 2.28. The van der Waals surface area contributed by atoms with Crippen molar-refractivity contribution in [2.24, 2.45) is 17.4 Å². The van der Waals surface area contributed by atoms with Crippen LogP contribution in [0.15, 0.2) is 60.7 Å². The first-order chi connectivity index (χ1) is 14.8. The predicted molar refractivity (Wildman–Crippen MR) is 122 cm³/mol. The van der Waals surface area contributed by atoms with Crippen molar-refractivity contribution < 1.29 is 14.7 Å². The topological polar surface area (TPSA) is 130 Å². The first kappa shape index (κ1) is 24.4. The number of carbonyl (C=O) groups excluding carboxylic acids is 2. The third-order valence-electron chi connectivity index (χ3n) is 5.25. The van der Waals surface area contributed by atoms with E-state index in [1.54, 1.807) is 0 Å². The van der Waals surface area contributed by atoms with Gasteiger partial charge in [0.15, 0.2) is 0 Å². The third kappa shape index (κ3) is 8.39. The summed E-state index contributed by atoms with van der Waals surface area (Å²) in [4.78, 5) is 24.2. The lowest BCUT2D eigenvalue weighted by molar-refractivity contribution is -0.124. The van der Waals surface area contributed by atoms with Crippen LogP contribution in [0.1, 0.15) is 31.4 Å². The smallest absolute Gasteiger partial charge is 0.312 e. The van der Waals surface area contributed by atoms with Crippen LogP contribution in [-0.2, 0) is 17.6 Å². The van der Waals surface area contributed by atoms with Crippen LogP contribution in [0.5, 0.6) is 0 Å². The Hall–Kier alpha value is -2.90. The molecule has 0 aromatic heterocycles. The second-order valence-electron chi connectivity index (χ2n) is 8.28. The van der Waals surface area contributed by atoms with Gasteiger partial charge in [0, 0.05) is 12.1 Å². The Morgan fingerprint density at radius 1 is 0.903 bits per heavy atom. The third-order valence-corrected chi connectivity index (χ3v) is 5.25. The van der Waals surface area contributed by atoms with Gasteiger partial charge in [0.05, 0.1) is 6.10 Å². The molecule has 0 spiro atoms. The fourth-order valence-electron chi connectivity index (χ4n) is 3.56. The largest absolute Gasteiger partial charge is 0.391 e. The van der Waals surface area contributed by atoms with E-state index >= 15 is 0 Å². The van der Waals surface area contributed by atoms with Crippen molar-refractivity contribution in [2.45, 2.75) is 57.3 Å². The van der Waals surface area contributed by atoms with Crippen LogP contribution in [0, 0.1) is 5.92 Å². The van der Waals surface area contributed by atoms with Gasteiger partial charge in [0.25, 0.3) is 0 Å². The molecule has 0 saturated carbocycles. The minimum Gasteiger partial charge on any atom is -0.391 e. The molecule has 168 valence electrons. The van der Waals surface area contributed by atoms with Gasteiger partial charge in [-0.2, -0.15) is 0 Å². The van der Waals surface area contributed by atoms with Gasteiger partial charge in [-0.15, -0.1) is 0 Å². The summed E-state index contributed by atoms with van der Waals surface area (Å²) in [6.07, 6.45) is 0.543. The lowest BCUT2D eigenvalue weighted by Gasteiger charge is -2.28. The molecule has 3 amide bonds. The van der Waals surface area contributed by atoms with E-state index in [2.05, 4.69) is 10.6 Å². The summed E-state index contributed by atoms with van der Waals surface area (Å²) in [5, 5.41) is 16.2. The van der Waals surface area contributed by atoms with E-state index in [9.17, 15) is 14.7 Å². The molecule has 0 aliphatic heterocycles. The van der Waals surface area contributed by atoms with Gasteiger partial charge in [-0.05, 0) is 36.3 Å². The first-order valence-corrected chi connectivity index (χ1v) is 10.6. The fraction of sp³-hybridized carbons (Fsp3) is 0.417. The summed E-state index contributed by atoms with van der Waals surface area (Å²) in [6.45, 7) is 3.66. The molecule has 31 heavy (non-hydrogen) atoms. The van der Waals surface area contributed by atoms with E-state index in [-0.39, 0.29) is 24.3 Å². The van der Waals surface area contributed by atoms with Gasteiger partial charge < -0.3 is 27.2 Å². The predicted octanol–water partition coefficient (Wildman–Crippen LogP) is 1.73. The molecule has 0 saturated heterocycles. The summed E-state index contributed by atoms with van der Waals surface area (Å²) >= 11 is 0. The molecule has 2 aromatic rings. The molecule has 2 aromatic carbocycles. The van der Waals surface area contributed by atoms with Gasteiger partial charge in [-0.25, -0.2) is 4.79 Å². The Labute approximate surface area is 184 Å². The number of rotatable bonds is 11. The van der Waals surface area contributed by atoms with Crippen molar-refractivity contribution in [1.82, 2.24) is 10.6 Å². The lowest BCUT2D eigenvalue weighted by Crippen LogP contribution is -2.54. The summed E-state index contributed by atoms with van der Waals surface area (Å²) < 4.78 is 0. The molecule has 2 rings (SSSR count). The second kappa shape index (κ2) is 12.1. The highest BCUT2D eigenvalue weighted by atomic mass is 16.3. The molecule has 7 heteroatoms. The van der Waals surface area contributed by atoms with Gasteiger partial charge in [0.1, 0.15) is 6.04 Å². The molecule has 0 fully saturated rings. The van der Waals surface area contributed by atoms with E-state index in [4.69, 9.17) is 11.5 Å². The van der Waals surface area contributed by atoms with Crippen LogP contribution in [0.3, 0.4) is 0 Å². The zero-order chi connectivity index (χ0) is 22.8. The molecule has 0 radical (unpaired) electrons. The Kier molecular flexibility index (Phi) is 9.49. The minimum atomic E-state index is -0.809. The van der Waals surface area contributed by atoms with Crippen LogP contribution in [0.25, 0.3) is 0 Å². The molecule has 0 aliphatic rings. The quantitative estimate of drug-likeness (QED) is 0.374. The number of urea groups is 1. The molecule has 0 heterocycles. The monoisotopic (exact) mass is 426 g/mol.